The van der Waals surface area contributed by atoms with E-state index in [0.29, 0.717) is 39.9 Å². The summed E-state index contributed by atoms with van der Waals surface area (Å²) in [7, 11) is 7.60. The van der Waals surface area contributed by atoms with E-state index < -0.39 is 5.91 Å². The molecular formula is C19H22N2O6. The normalized spacial score (nSPS) is 10.4. The van der Waals surface area contributed by atoms with Crippen LogP contribution in [0.2, 0.25) is 0 Å². The lowest BCUT2D eigenvalue weighted by Crippen LogP contribution is -2.17. The Morgan fingerprint density at radius 2 is 1.37 bits per heavy atom. The molecule has 0 saturated carbocycles. The average molecular weight is 374 g/mol. The maximum atomic E-state index is 12.3. The molecule has 27 heavy (non-hydrogen) atoms. The van der Waals surface area contributed by atoms with Crippen molar-refractivity contribution in [1.29, 1.82) is 0 Å². The van der Waals surface area contributed by atoms with E-state index in [-0.39, 0.29) is 0 Å². The maximum absolute atomic E-state index is 12.3. The highest BCUT2D eigenvalue weighted by Crippen LogP contribution is 2.37. The van der Waals surface area contributed by atoms with Gasteiger partial charge in [-0.1, -0.05) is 0 Å². The summed E-state index contributed by atoms with van der Waals surface area (Å²) >= 11 is 0. The van der Waals surface area contributed by atoms with Gasteiger partial charge in [0.2, 0.25) is 5.75 Å². The summed E-state index contributed by atoms with van der Waals surface area (Å²) in [5.41, 5.74) is 3.48. The highest BCUT2D eigenvalue weighted by Gasteiger charge is 2.13. The van der Waals surface area contributed by atoms with E-state index in [1.54, 1.807) is 30.3 Å². The molecule has 0 unspecified atom stereocenters. The van der Waals surface area contributed by atoms with Gasteiger partial charge >= 0.3 is 0 Å². The van der Waals surface area contributed by atoms with E-state index in [2.05, 4.69) is 10.5 Å². The van der Waals surface area contributed by atoms with Gasteiger partial charge in [-0.25, -0.2) is 5.43 Å². The minimum Gasteiger partial charge on any atom is -0.497 e. The summed E-state index contributed by atoms with van der Waals surface area (Å²) in [6.07, 6.45) is 1.47. The van der Waals surface area contributed by atoms with Crippen LogP contribution in [0, 0.1) is 0 Å². The van der Waals surface area contributed by atoms with E-state index >= 15 is 0 Å². The summed E-state index contributed by atoms with van der Waals surface area (Å²) in [6, 6.07) is 8.28. The lowest BCUT2D eigenvalue weighted by atomic mass is 10.2. The zero-order valence-electron chi connectivity index (χ0n) is 15.9. The van der Waals surface area contributed by atoms with Crippen molar-refractivity contribution in [1.82, 2.24) is 5.43 Å². The van der Waals surface area contributed by atoms with E-state index in [4.69, 9.17) is 23.7 Å². The lowest BCUT2D eigenvalue weighted by Gasteiger charge is -2.12. The Kier molecular flexibility index (Phi) is 6.87. The van der Waals surface area contributed by atoms with Crippen molar-refractivity contribution in [3.05, 3.63) is 41.5 Å². The summed E-state index contributed by atoms with van der Waals surface area (Å²) in [5, 5.41) is 3.98. The SMILES string of the molecule is COc1cc(OC)cc(C(=O)N/N=C\c2cc(OC)c(OC)c(OC)c2)c1. The predicted molar refractivity (Wildman–Crippen MR) is 101 cm³/mol. The average Bonchev–Trinajstić information content (AvgIpc) is 2.72. The number of hydrazone groups is 1. The number of amides is 1. The number of benzene rings is 2. The first-order chi connectivity index (χ1) is 13.1. The molecule has 144 valence electrons. The smallest absolute Gasteiger partial charge is 0.271 e. The fourth-order valence-electron chi connectivity index (χ4n) is 2.34. The van der Waals surface area contributed by atoms with Gasteiger partial charge in [0.1, 0.15) is 11.5 Å². The molecule has 1 amide bonds. The third kappa shape index (κ3) is 4.81. The van der Waals surface area contributed by atoms with E-state index in [1.165, 1.54) is 41.8 Å². The highest BCUT2D eigenvalue weighted by molar-refractivity contribution is 5.95. The van der Waals surface area contributed by atoms with Crippen LogP contribution in [0.3, 0.4) is 0 Å². The highest BCUT2D eigenvalue weighted by atomic mass is 16.5. The number of nitrogens with zero attached hydrogens (tertiary/aromatic N) is 1. The molecule has 0 bridgehead atoms. The van der Waals surface area contributed by atoms with Crippen molar-refractivity contribution < 1.29 is 28.5 Å². The first-order valence-corrected chi connectivity index (χ1v) is 7.92. The maximum Gasteiger partial charge on any atom is 0.271 e. The van der Waals surface area contributed by atoms with Crippen molar-refractivity contribution in [2.75, 3.05) is 35.5 Å². The minimum atomic E-state index is -0.407. The van der Waals surface area contributed by atoms with Crippen molar-refractivity contribution >= 4 is 12.1 Å². The third-order valence-electron chi connectivity index (χ3n) is 3.68. The van der Waals surface area contributed by atoms with Crippen LogP contribution in [0.4, 0.5) is 0 Å². The fraction of sp³-hybridized carbons (Fsp3) is 0.263. The van der Waals surface area contributed by atoms with Crippen LogP contribution in [0.15, 0.2) is 35.4 Å². The Hall–Kier alpha value is -3.42. The van der Waals surface area contributed by atoms with Gasteiger partial charge in [0.05, 0.1) is 41.8 Å². The second kappa shape index (κ2) is 9.33. The van der Waals surface area contributed by atoms with Gasteiger partial charge in [0.15, 0.2) is 11.5 Å². The molecule has 0 saturated heterocycles. The molecule has 2 aromatic carbocycles. The van der Waals surface area contributed by atoms with Crippen molar-refractivity contribution in [3.63, 3.8) is 0 Å². The largest absolute Gasteiger partial charge is 0.497 e. The second-order valence-electron chi connectivity index (χ2n) is 5.26. The van der Waals surface area contributed by atoms with Crippen LogP contribution in [0.25, 0.3) is 0 Å². The number of hydrogen-bond acceptors (Lipinski definition) is 7. The molecule has 8 heteroatoms. The summed E-state index contributed by atoms with van der Waals surface area (Å²) in [5.74, 6) is 2.06. The Morgan fingerprint density at radius 1 is 0.815 bits per heavy atom. The van der Waals surface area contributed by atoms with Crippen LogP contribution in [0.5, 0.6) is 28.7 Å². The molecule has 0 atom stereocenters. The predicted octanol–water partition coefficient (Wildman–Crippen LogP) is 2.49. The first kappa shape index (κ1) is 19.9. The molecule has 0 aromatic heterocycles. The van der Waals surface area contributed by atoms with Crippen LogP contribution < -0.4 is 29.1 Å². The topological polar surface area (TPSA) is 87.6 Å². The van der Waals surface area contributed by atoms with Gasteiger partial charge in [0.25, 0.3) is 5.91 Å². The zero-order chi connectivity index (χ0) is 19.8. The molecule has 1 N–H and O–H groups in total. The number of nitrogens with one attached hydrogen (secondary N) is 1. The van der Waals surface area contributed by atoms with Crippen LogP contribution >= 0.6 is 0 Å². The summed E-state index contributed by atoms with van der Waals surface area (Å²) in [4.78, 5) is 12.3. The van der Waals surface area contributed by atoms with E-state index in [9.17, 15) is 4.79 Å². The molecule has 0 spiro atoms. The van der Waals surface area contributed by atoms with E-state index in [0.717, 1.165) is 0 Å². The van der Waals surface area contributed by atoms with Crippen LogP contribution in [-0.4, -0.2) is 47.7 Å². The number of rotatable bonds is 8. The molecule has 0 aliphatic rings. The molecule has 0 aliphatic carbocycles. The van der Waals surface area contributed by atoms with Crippen molar-refractivity contribution in [2.24, 2.45) is 5.10 Å². The van der Waals surface area contributed by atoms with Gasteiger partial charge in [-0.2, -0.15) is 5.10 Å². The van der Waals surface area contributed by atoms with Crippen molar-refractivity contribution in [3.8, 4) is 28.7 Å². The summed E-state index contributed by atoms with van der Waals surface area (Å²) in [6.45, 7) is 0. The Bertz CT molecular complexity index is 788. The first-order valence-electron chi connectivity index (χ1n) is 7.92. The Labute approximate surface area is 157 Å². The molecule has 2 aromatic rings. The molecule has 0 aliphatic heterocycles. The molecule has 2 rings (SSSR count). The summed E-state index contributed by atoms with van der Waals surface area (Å²) < 4.78 is 26.2. The molecule has 0 radical (unpaired) electrons. The Morgan fingerprint density at radius 3 is 1.81 bits per heavy atom. The minimum absolute atomic E-state index is 0.355. The molecule has 8 nitrogen and oxygen atoms in total. The fourth-order valence-corrected chi connectivity index (χ4v) is 2.34. The van der Waals surface area contributed by atoms with E-state index in [1.807, 2.05) is 0 Å². The second-order valence-corrected chi connectivity index (χ2v) is 5.26. The number of hydrogen-bond donors (Lipinski definition) is 1. The Balaban J connectivity index is 2.19. The number of carbonyl (C=O) groups excluding carboxylic acids is 1. The van der Waals surface area contributed by atoms with Crippen molar-refractivity contribution in [2.45, 2.75) is 0 Å². The third-order valence-corrected chi connectivity index (χ3v) is 3.68. The van der Waals surface area contributed by atoms with Gasteiger partial charge in [-0.3, -0.25) is 4.79 Å². The number of ether oxygens (including phenoxy) is 5. The number of carbonyl (C=O) groups is 1. The monoisotopic (exact) mass is 374 g/mol. The van der Waals surface area contributed by atoms with Crippen LogP contribution in [-0.2, 0) is 0 Å². The quantitative estimate of drug-likeness (QED) is 0.564. The standard InChI is InChI=1S/C19H22N2O6/c1-23-14-8-13(9-15(10-14)24-2)19(22)21-20-11-12-6-16(25-3)18(27-5)17(7-12)26-4/h6-11H,1-5H3,(H,21,22)/b20-11-. The molecule has 0 fully saturated rings. The van der Waals surface area contributed by atoms with Gasteiger partial charge in [0, 0.05) is 17.2 Å². The van der Waals surface area contributed by atoms with Gasteiger partial charge < -0.3 is 23.7 Å². The van der Waals surface area contributed by atoms with Gasteiger partial charge in [-0.15, -0.1) is 0 Å². The number of methoxy groups -OCH3 is 5. The molecule has 0 heterocycles. The molecular weight excluding hydrogens is 352 g/mol. The lowest BCUT2D eigenvalue weighted by molar-refractivity contribution is 0.0954. The van der Waals surface area contributed by atoms with Gasteiger partial charge in [-0.05, 0) is 24.3 Å². The van der Waals surface area contributed by atoms with Crippen LogP contribution in [0.1, 0.15) is 15.9 Å². The zero-order valence-corrected chi connectivity index (χ0v) is 15.9.